The van der Waals surface area contributed by atoms with Crippen molar-refractivity contribution in [3.8, 4) is 11.5 Å². The maximum Gasteiger partial charge on any atom is 0.337 e. The molecule has 0 aliphatic carbocycles. The van der Waals surface area contributed by atoms with Gasteiger partial charge in [0, 0.05) is 6.42 Å². The van der Waals surface area contributed by atoms with E-state index in [0.29, 0.717) is 17.5 Å². The predicted molar refractivity (Wildman–Crippen MR) is 75.2 cm³/mol. The lowest BCUT2D eigenvalue weighted by molar-refractivity contribution is 0.0600. The van der Waals surface area contributed by atoms with Crippen molar-refractivity contribution >= 4 is 5.97 Å². The molecule has 0 atom stereocenters. The van der Waals surface area contributed by atoms with Crippen LogP contribution in [0, 0.1) is 0 Å². The number of rotatable bonds is 4. The van der Waals surface area contributed by atoms with E-state index < -0.39 is 5.97 Å². The number of methoxy groups -OCH3 is 2. The van der Waals surface area contributed by atoms with Crippen molar-refractivity contribution in [1.82, 2.24) is 0 Å². The van der Waals surface area contributed by atoms with E-state index in [1.165, 1.54) is 13.2 Å². The Morgan fingerprint density at radius 2 is 1.80 bits per heavy atom. The van der Waals surface area contributed by atoms with Gasteiger partial charge in [0.15, 0.2) is 0 Å². The van der Waals surface area contributed by atoms with E-state index in [0.717, 1.165) is 11.3 Å². The summed E-state index contributed by atoms with van der Waals surface area (Å²) in [6.07, 6.45) is 0.528. The van der Waals surface area contributed by atoms with Crippen molar-refractivity contribution < 1.29 is 19.4 Å². The molecule has 0 aliphatic rings. The van der Waals surface area contributed by atoms with Crippen LogP contribution in [-0.2, 0) is 11.2 Å². The number of benzene rings is 2. The Hall–Kier alpha value is -2.49. The quantitative estimate of drug-likeness (QED) is 0.869. The minimum Gasteiger partial charge on any atom is -0.508 e. The molecule has 0 unspecified atom stereocenters. The summed E-state index contributed by atoms with van der Waals surface area (Å²) in [5.41, 5.74) is 2.12. The zero-order valence-corrected chi connectivity index (χ0v) is 11.4. The van der Waals surface area contributed by atoms with E-state index in [-0.39, 0.29) is 5.75 Å². The van der Waals surface area contributed by atoms with Gasteiger partial charge in [-0.2, -0.15) is 0 Å². The summed E-state index contributed by atoms with van der Waals surface area (Å²) >= 11 is 0. The Balaban J connectivity index is 2.25. The average Bonchev–Trinajstić information content (AvgIpc) is 2.49. The summed E-state index contributed by atoms with van der Waals surface area (Å²) in [5, 5.41) is 9.87. The van der Waals surface area contributed by atoms with Crippen molar-refractivity contribution in [2.24, 2.45) is 0 Å². The Labute approximate surface area is 117 Å². The highest BCUT2D eigenvalue weighted by atomic mass is 16.5. The molecular formula is C16H16O4. The lowest BCUT2D eigenvalue weighted by Gasteiger charge is -2.08. The third-order valence-electron chi connectivity index (χ3n) is 3.05. The number of aromatic hydroxyl groups is 1. The van der Waals surface area contributed by atoms with Crippen LogP contribution >= 0.6 is 0 Å². The van der Waals surface area contributed by atoms with E-state index in [2.05, 4.69) is 4.74 Å². The summed E-state index contributed by atoms with van der Waals surface area (Å²) < 4.78 is 9.77. The first-order valence-electron chi connectivity index (χ1n) is 6.17. The van der Waals surface area contributed by atoms with E-state index in [9.17, 15) is 9.90 Å². The molecule has 4 heteroatoms. The fourth-order valence-electron chi connectivity index (χ4n) is 1.94. The molecular weight excluding hydrogens is 256 g/mol. The number of carbonyl (C=O) groups is 1. The van der Waals surface area contributed by atoms with Gasteiger partial charge < -0.3 is 14.6 Å². The Morgan fingerprint density at radius 3 is 2.40 bits per heavy atom. The van der Waals surface area contributed by atoms with Crippen LogP contribution in [-0.4, -0.2) is 25.3 Å². The fourth-order valence-corrected chi connectivity index (χ4v) is 1.94. The molecule has 0 fully saturated rings. The molecule has 2 aromatic rings. The zero-order valence-electron chi connectivity index (χ0n) is 11.4. The van der Waals surface area contributed by atoms with Crippen molar-refractivity contribution in [1.29, 1.82) is 0 Å². The van der Waals surface area contributed by atoms with Gasteiger partial charge in [0.1, 0.15) is 11.5 Å². The number of hydrogen-bond donors (Lipinski definition) is 1. The summed E-state index contributed by atoms with van der Waals surface area (Å²) in [6, 6.07) is 12.2. The lowest BCUT2D eigenvalue weighted by Crippen LogP contribution is -2.02. The molecule has 2 aromatic carbocycles. The molecule has 0 amide bonds. The van der Waals surface area contributed by atoms with Gasteiger partial charge in [-0.15, -0.1) is 0 Å². The normalized spacial score (nSPS) is 10.1. The number of carbonyl (C=O) groups excluding carboxylic acids is 1. The number of ether oxygens (including phenoxy) is 2. The zero-order chi connectivity index (χ0) is 14.5. The minimum absolute atomic E-state index is 0.161. The molecule has 2 rings (SSSR count). The summed E-state index contributed by atoms with van der Waals surface area (Å²) in [4.78, 5) is 11.5. The molecule has 4 nitrogen and oxygen atoms in total. The Morgan fingerprint density at radius 1 is 1.10 bits per heavy atom. The van der Waals surface area contributed by atoms with Crippen LogP contribution in [0.4, 0.5) is 0 Å². The highest BCUT2D eigenvalue weighted by Crippen LogP contribution is 2.23. The molecule has 1 N–H and O–H groups in total. The number of phenolic OH excluding ortho intramolecular Hbond substituents is 1. The summed E-state index contributed by atoms with van der Waals surface area (Å²) in [5.74, 6) is 0.524. The van der Waals surface area contributed by atoms with Crippen LogP contribution in [0.15, 0.2) is 42.5 Å². The molecule has 0 spiro atoms. The van der Waals surface area contributed by atoms with Gasteiger partial charge >= 0.3 is 5.97 Å². The second-order valence-electron chi connectivity index (χ2n) is 4.36. The molecule has 0 radical (unpaired) electrons. The molecule has 0 aliphatic heterocycles. The third-order valence-corrected chi connectivity index (χ3v) is 3.05. The highest BCUT2D eigenvalue weighted by Gasteiger charge is 2.10. The molecule has 0 bridgehead atoms. The average molecular weight is 272 g/mol. The van der Waals surface area contributed by atoms with E-state index >= 15 is 0 Å². The molecule has 0 saturated heterocycles. The smallest absolute Gasteiger partial charge is 0.337 e. The molecule has 104 valence electrons. The third kappa shape index (κ3) is 3.09. The van der Waals surface area contributed by atoms with Crippen LogP contribution in [0.1, 0.15) is 21.5 Å². The minimum atomic E-state index is -0.416. The summed E-state index contributed by atoms with van der Waals surface area (Å²) in [7, 11) is 2.94. The summed E-state index contributed by atoms with van der Waals surface area (Å²) in [6.45, 7) is 0. The van der Waals surface area contributed by atoms with Gasteiger partial charge in [-0.05, 0) is 41.5 Å². The first kappa shape index (κ1) is 13.9. The Bertz CT molecular complexity index is 602. The molecule has 20 heavy (non-hydrogen) atoms. The second-order valence-corrected chi connectivity index (χ2v) is 4.36. The van der Waals surface area contributed by atoms with Crippen molar-refractivity contribution in [3.63, 3.8) is 0 Å². The standard InChI is InChI=1S/C16H16O4/c1-19-14-6-3-11(4-7-14)9-13-10-12(16(18)20-2)5-8-15(13)17/h3-8,10,17H,9H2,1-2H3. The van der Waals surface area contributed by atoms with Gasteiger partial charge in [0.25, 0.3) is 0 Å². The van der Waals surface area contributed by atoms with E-state index in [1.54, 1.807) is 19.2 Å². The van der Waals surface area contributed by atoms with Crippen LogP contribution < -0.4 is 4.74 Å². The maximum atomic E-state index is 11.5. The van der Waals surface area contributed by atoms with Crippen LogP contribution in [0.5, 0.6) is 11.5 Å². The Kier molecular flexibility index (Phi) is 4.25. The van der Waals surface area contributed by atoms with Gasteiger partial charge in [-0.25, -0.2) is 4.79 Å². The largest absolute Gasteiger partial charge is 0.508 e. The van der Waals surface area contributed by atoms with Gasteiger partial charge in [0.05, 0.1) is 19.8 Å². The SMILES string of the molecule is COC(=O)c1ccc(O)c(Cc2ccc(OC)cc2)c1. The van der Waals surface area contributed by atoms with E-state index in [4.69, 9.17) is 4.74 Å². The van der Waals surface area contributed by atoms with Crippen LogP contribution in [0.2, 0.25) is 0 Å². The predicted octanol–water partition coefficient (Wildman–Crippen LogP) is 2.78. The molecule has 0 saturated carbocycles. The van der Waals surface area contributed by atoms with E-state index in [1.807, 2.05) is 24.3 Å². The van der Waals surface area contributed by atoms with Crippen molar-refractivity contribution in [3.05, 3.63) is 59.2 Å². The maximum absolute atomic E-state index is 11.5. The van der Waals surface area contributed by atoms with Crippen LogP contribution in [0.3, 0.4) is 0 Å². The first-order chi connectivity index (χ1) is 9.63. The van der Waals surface area contributed by atoms with Gasteiger partial charge in [-0.3, -0.25) is 0 Å². The number of hydrogen-bond acceptors (Lipinski definition) is 4. The second kappa shape index (κ2) is 6.10. The van der Waals surface area contributed by atoms with Crippen molar-refractivity contribution in [2.75, 3.05) is 14.2 Å². The first-order valence-corrected chi connectivity index (χ1v) is 6.17. The van der Waals surface area contributed by atoms with Crippen molar-refractivity contribution in [2.45, 2.75) is 6.42 Å². The van der Waals surface area contributed by atoms with Gasteiger partial charge in [-0.1, -0.05) is 12.1 Å². The van der Waals surface area contributed by atoms with Crippen LogP contribution in [0.25, 0.3) is 0 Å². The molecule has 0 aromatic heterocycles. The number of phenols is 1. The van der Waals surface area contributed by atoms with Gasteiger partial charge in [0.2, 0.25) is 0 Å². The number of esters is 1. The monoisotopic (exact) mass is 272 g/mol. The lowest BCUT2D eigenvalue weighted by atomic mass is 10.0. The topological polar surface area (TPSA) is 55.8 Å². The fraction of sp³-hybridized carbons (Fsp3) is 0.188. The molecule has 0 heterocycles. The highest BCUT2D eigenvalue weighted by molar-refractivity contribution is 5.89.